The first kappa shape index (κ1) is 20.3. The Morgan fingerprint density at radius 2 is 1.84 bits per heavy atom. The van der Waals surface area contributed by atoms with Gasteiger partial charge in [-0.1, -0.05) is 0 Å². The van der Waals surface area contributed by atoms with Crippen LogP contribution in [0.5, 0.6) is 0 Å². The molecule has 0 aliphatic rings. The van der Waals surface area contributed by atoms with Crippen molar-refractivity contribution in [2.45, 2.75) is 51.7 Å². The second-order valence-corrected chi connectivity index (χ2v) is 5.01. The van der Waals surface area contributed by atoms with Crippen LogP contribution < -0.4 is 11.1 Å². The Bertz CT molecular complexity index is 279. The van der Waals surface area contributed by atoms with Crippen molar-refractivity contribution in [3.8, 4) is 0 Å². The van der Waals surface area contributed by atoms with Gasteiger partial charge < -0.3 is 20.5 Å². The first-order valence-corrected chi connectivity index (χ1v) is 6.07. The largest absolute Gasteiger partial charge is 0.467 e. The van der Waals surface area contributed by atoms with E-state index in [1.54, 1.807) is 20.8 Å². The van der Waals surface area contributed by atoms with Gasteiger partial charge in [0.05, 0.1) is 7.11 Å². The Labute approximate surface area is 120 Å². The van der Waals surface area contributed by atoms with Gasteiger partial charge in [0.15, 0.2) is 0 Å². The number of hydrogen-bond donors (Lipinski definition) is 2. The van der Waals surface area contributed by atoms with Gasteiger partial charge in [0, 0.05) is 0 Å². The van der Waals surface area contributed by atoms with Gasteiger partial charge in [0.25, 0.3) is 0 Å². The number of alkyl carbamates (subject to hydrolysis) is 1. The molecule has 0 rings (SSSR count). The summed E-state index contributed by atoms with van der Waals surface area (Å²) in [6.45, 7) is 5.83. The summed E-state index contributed by atoms with van der Waals surface area (Å²) in [6.07, 6.45) is 1.41. The van der Waals surface area contributed by atoms with Crippen molar-refractivity contribution < 1.29 is 19.1 Å². The molecule has 19 heavy (non-hydrogen) atoms. The second-order valence-electron chi connectivity index (χ2n) is 5.01. The number of esters is 1. The molecular formula is C12H25ClN2O4. The summed E-state index contributed by atoms with van der Waals surface area (Å²) < 4.78 is 9.72. The Balaban J connectivity index is 0. The molecule has 0 radical (unpaired) electrons. The SMILES string of the molecule is COC(=O)C(CCCCN)NC(=O)OC(C)(C)C.Cl. The van der Waals surface area contributed by atoms with E-state index in [1.807, 2.05) is 0 Å². The molecule has 0 aliphatic carbocycles. The van der Waals surface area contributed by atoms with Crippen molar-refractivity contribution in [2.24, 2.45) is 5.73 Å². The first-order valence-electron chi connectivity index (χ1n) is 6.07. The number of carbonyl (C=O) groups excluding carboxylic acids is 2. The van der Waals surface area contributed by atoms with Gasteiger partial charge in [-0.2, -0.15) is 0 Å². The predicted molar refractivity (Wildman–Crippen MR) is 75.3 cm³/mol. The van der Waals surface area contributed by atoms with Gasteiger partial charge in [-0.25, -0.2) is 9.59 Å². The van der Waals surface area contributed by atoms with E-state index in [0.29, 0.717) is 13.0 Å². The summed E-state index contributed by atoms with van der Waals surface area (Å²) in [4.78, 5) is 23.0. The Kier molecular flexibility index (Phi) is 10.5. The Morgan fingerprint density at radius 3 is 2.26 bits per heavy atom. The molecular weight excluding hydrogens is 272 g/mol. The molecule has 0 aromatic carbocycles. The van der Waals surface area contributed by atoms with Crippen LogP contribution >= 0.6 is 12.4 Å². The summed E-state index contributed by atoms with van der Waals surface area (Å²) in [7, 11) is 1.29. The highest BCUT2D eigenvalue weighted by Crippen LogP contribution is 2.08. The molecule has 0 saturated heterocycles. The van der Waals surface area contributed by atoms with Crippen molar-refractivity contribution in [3.63, 3.8) is 0 Å². The predicted octanol–water partition coefficient (Wildman–Crippen LogP) is 1.60. The lowest BCUT2D eigenvalue weighted by molar-refractivity contribution is -0.143. The van der Waals surface area contributed by atoms with Crippen LogP contribution in [0.4, 0.5) is 4.79 Å². The number of nitrogens with two attached hydrogens (primary N) is 1. The molecule has 7 heteroatoms. The third-order valence-electron chi connectivity index (χ3n) is 2.12. The van der Waals surface area contributed by atoms with Crippen molar-refractivity contribution in [3.05, 3.63) is 0 Å². The molecule has 0 saturated carbocycles. The maximum Gasteiger partial charge on any atom is 0.408 e. The number of ether oxygens (including phenoxy) is 2. The standard InChI is InChI=1S/C12H24N2O4.ClH/c1-12(2,3)18-11(16)14-9(10(15)17-4)7-5-6-8-13;/h9H,5-8,13H2,1-4H3,(H,14,16);1H. The Morgan fingerprint density at radius 1 is 1.26 bits per heavy atom. The smallest absolute Gasteiger partial charge is 0.408 e. The lowest BCUT2D eigenvalue weighted by Gasteiger charge is -2.22. The fourth-order valence-corrected chi connectivity index (χ4v) is 1.33. The van der Waals surface area contributed by atoms with Crippen molar-refractivity contribution in [1.82, 2.24) is 5.32 Å². The van der Waals surface area contributed by atoms with Crippen molar-refractivity contribution in [1.29, 1.82) is 0 Å². The van der Waals surface area contributed by atoms with Crippen LogP contribution in [-0.2, 0) is 14.3 Å². The van der Waals surface area contributed by atoms with Crippen LogP contribution in [0.2, 0.25) is 0 Å². The number of rotatable bonds is 6. The van der Waals surface area contributed by atoms with Gasteiger partial charge in [-0.05, 0) is 46.6 Å². The zero-order valence-electron chi connectivity index (χ0n) is 12.0. The summed E-state index contributed by atoms with van der Waals surface area (Å²) >= 11 is 0. The lowest BCUT2D eigenvalue weighted by Crippen LogP contribution is -2.44. The second kappa shape index (κ2) is 9.86. The molecule has 1 unspecified atom stereocenters. The molecule has 6 nitrogen and oxygen atoms in total. The van der Waals surface area contributed by atoms with Crippen LogP contribution in [0.1, 0.15) is 40.0 Å². The number of amides is 1. The van der Waals surface area contributed by atoms with Gasteiger partial charge in [-0.3, -0.25) is 0 Å². The number of carbonyl (C=O) groups is 2. The van der Waals surface area contributed by atoms with E-state index in [4.69, 9.17) is 10.5 Å². The number of nitrogens with one attached hydrogen (secondary N) is 1. The van der Waals surface area contributed by atoms with Crippen LogP contribution in [0.15, 0.2) is 0 Å². The average Bonchev–Trinajstić information content (AvgIpc) is 2.24. The zero-order chi connectivity index (χ0) is 14.2. The molecule has 0 bridgehead atoms. The maximum atomic E-state index is 11.6. The minimum absolute atomic E-state index is 0. The molecule has 0 aliphatic heterocycles. The minimum Gasteiger partial charge on any atom is -0.467 e. The molecule has 3 N–H and O–H groups in total. The number of hydrogen-bond acceptors (Lipinski definition) is 5. The minimum atomic E-state index is -0.684. The fourth-order valence-electron chi connectivity index (χ4n) is 1.33. The van der Waals surface area contributed by atoms with Crippen molar-refractivity contribution >= 4 is 24.5 Å². The number of halogens is 1. The summed E-state index contributed by atoms with van der Waals surface area (Å²) in [5.74, 6) is -0.474. The highest BCUT2D eigenvalue weighted by atomic mass is 35.5. The highest BCUT2D eigenvalue weighted by molar-refractivity contribution is 5.85. The molecule has 1 amide bonds. The third-order valence-corrected chi connectivity index (χ3v) is 2.12. The topological polar surface area (TPSA) is 90.6 Å². The maximum absolute atomic E-state index is 11.6. The van der Waals surface area contributed by atoms with E-state index in [0.717, 1.165) is 12.8 Å². The average molecular weight is 297 g/mol. The number of methoxy groups -OCH3 is 1. The van der Waals surface area contributed by atoms with E-state index in [9.17, 15) is 9.59 Å². The van der Waals surface area contributed by atoms with Gasteiger partial charge in [-0.15, -0.1) is 12.4 Å². The highest BCUT2D eigenvalue weighted by Gasteiger charge is 2.24. The van der Waals surface area contributed by atoms with Crippen LogP contribution in [0.3, 0.4) is 0 Å². The Hall–Kier alpha value is -1.01. The summed E-state index contributed by atoms with van der Waals surface area (Å²) in [5.41, 5.74) is 4.78. The van der Waals surface area contributed by atoms with Crippen LogP contribution in [0, 0.1) is 0 Å². The monoisotopic (exact) mass is 296 g/mol. The third kappa shape index (κ3) is 10.6. The van der Waals surface area contributed by atoms with E-state index in [-0.39, 0.29) is 12.4 Å². The quantitative estimate of drug-likeness (QED) is 0.574. The normalized spacial score (nSPS) is 12.1. The zero-order valence-corrected chi connectivity index (χ0v) is 12.8. The van der Waals surface area contributed by atoms with E-state index < -0.39 is 23.7 Å². The molecule has 1 atom stereocenters. The lowest BCUT2D eigenvalue weighted by atomic mass is 10.1. The van der Waals surface area contributed by atoms with Gasteiger partial charge >= 0.3 is 12.1 Å². The van der Waals surface area contributed by atoms with E-state index >= 15 is 0 Å². The summed E-state index contributed by atoms with van der Waals surface area (Å²) in [5, 5.41) is 2.51. The van der Waals surface area contributed by atoms with Crippen LogP contribution in [0.25, 0.3) is 0 Å². The molecule has 114 valence electrons. The van der Waals surface area contributed by atoms with Crippen molar-refractivity contribution in [2.75, 3.05) is 13.7 Å². The fraction of sp³-hybridized carbons (Fsp3) is 0.833. The summed E-state index contributed by atoms with van der Waals surface area (Å²) in [6, 6.07) is -0.684. The first-order chi connectivity index (χ1) is 8.30. The molecule has 0 spiro atoms. The van der Waals surface area contributed by atoms with Gasteiger partial charge in [0.2, 0.25) is 0 Å². The van der Waals surface area contributed by atoms with Gasteiger partial charge in [0.1, 0.15) is 11.6 Å². The molecule has 0 aromatic heterocycles. The van der Waals surface area contributed by atoms with E-state index in [2.05, 4.69) is 10.1 Å². The molecule has 0 aromatic rings. The van der Waals surface area contributed by atoms with E-state index in [1.165, 1.54) is 7.11 Å². The number of unbranched alkanes of at least 4 members (excludes halogenated alkanes) is 1. The van der Waals surface area contributed by atoms with Crippen LogP contribution in [-0.4, -0.2) is 37.4 Å². The molecule has 0 fully saturated rings. The molecule has 0 heterocycles.